The molecule has 2 aromatic carbocycles. The van der Waals surface area contributed by atoms with Crippen LogP contribution >= 0.6 is 11.8 Å². The second-order valence-electron chi connectivity index (χ2n) is 8.64. The molecule has 1 aliphatic carbocycles. The number of anilines is 1. The maximum Gasteiger partial charge on any atom is 0.240 e. The van der Waals surface area contributed by atoms with Gasteiger partial charge in [-0.05, 0) is 60.6 Å². The quantitative estimate of drug-likeness (QED) is 0.550. The second kappa shape index (κ2) is 10.8. The third kappa shape index (κ3) is 6.00. The van der Waals surface area contributed by atoms with Gasteiger partial charge in [-0.3, -0.25) is 9.59 Å². The molecule has 0 spiro atoms. The van der Waals surface area contributed by atoms with E-state index in [9.17, 15) is 9.59 Å². The van der Waals surface area contributed by atoms with Crippen LogP contribution in [0.15, 0.2) is 53.5 Å². The van der Waals surface area contributed by atoms with Gasteiger partial charge in [0.05, 0.1) is 5.69 Å². The number of benzene rings is 2. The summed E-state index contributed by atoms with van der Waals surface area (Å²) in [6, 6.07) is 16.2. The van der Waals surface area contributed by atoms with Gasteiger partial charge in [0, 0.05) is 12.1 Å². The number of aryl methyl sites for hydroxylation is 1. The van der Waals surface area contributed by atoms with Crippen LogP contribution in [0.25, 0.3) is 0 Å². The number of amides is 2. The zero-order valence-electron chi connectivity index (χ0n) is 18.6. The van der Waals surface area contributed by atoms with E-state index in [1.165, 1.54) is 55.0 Å². The second-order valence-corrected chi connectivity index (χ2v) is 9.83. The number of thioether (sulfide) groups is 1. The van der Waals surface area contributed by atoms with Crippen LogP contribution in [0.3, 0.4) is 0 Å². The van der Waals surface area contributed by atoms with Crippen molar-refractivity contribution in [1.82, 2.24) is 5.32 Å². The van der Waals surface area contributed by atoms with Gasteiger partial charge in [-0.2, -0.15) is 0 Å². The van der Waals surface area contributed by atoms with Crippen molar-refractivity contribution in [2.75, 3.05) is 5.32 Å². The summed E-state index contributed by atoms with van der Waals surface area (Å²) >= 11 is 1.32. The largest absolute Gasteiger partial charge is 0.326 e. The Labute approximate surface area is 194 Å². The Balaban J connectivity index is 1.31. The highest BCUT2D eigenvalue weighted by molar-refractivity contribution is 8.15. The van der Waals surface area contributed by atoms with Gasteiger partial charge in [0.1, 0.15) is 5.25 Å². The number of aliphatic imine (C=N–C) groups is 1. The normalized spacial score (nSPS) is 20.3. The minimum absolute atomic E-state index is 0.118. The highest BCUT2D eigenvalue weighted by Crippen LogP contribution is 2.33. The van der Waals surface area contributed by atoms with E-state index in [4.69, 9.17) is 0 Å². The third-order valence-corrected chi connectivity index (χ3v) is 7.21. The Morgan fingerprint density at radius 2 is 1.78 bits per heavy atom. The fourth-order valence-electron chi connectivity index (χ4n) is 4.39. The molecule has 1 heterocycles. The Hall–Kier alpha value is -2.60. The molecule has 32 heavy (non-hydrogen) atoms. The molecule has 1 aliphatic heterocycles. The molecule has 2 fully saturated rings. The van der Waals surface area contributed by atoms with Gasteiger partial charge >= 0.3 is 0 Å². The van der Waals surface area contributed by atoms with Crippen LogP contribution in [-0.2, 0) is 16.0 Å². The lowest BCUT2D eigenvalue weighted by atomic mass is 9.84. The molecule has 6 heteroatoms. The first-order valence-electron chi connectivity index (χ1n) is 11.7. The number of rotatable bonds is 7. The summed E-state index contributed by atoms with van der Waals surface area (Å²) in [4.78, 5) is 29.4. The first kappa shape index (κ1) is 22.6. The van der Waals surface area contributed by atoms with Gasteiger partial charge in [-0.25, -0.2) is 4.99 Å². The Kier molecular flexibility index (Phi) is 7.63. The van der Waals surface area contributed by atoms with Crippen molar-refractivity contribution in [3.05, 3.63) is 59.7 Å². The van der Waals surface area contributed by atoms with E-state index < -0.39 is 5.25 Å². The SMILES string of the molecule is CCCc1ccc(NC(=O)CC2SC(=Nc3ccc(C4CCCCC4)cc3)NC2=O)cc1. The molecule has 0 aromatic heterocycles. The molecule has 2 amide bonds. The van der Waals surface area contributed by atoms with Gasteiger partial charge in [-0.15, -0.1) is 0 Å². The maximum absolute atomic E-state index is 12.4. The van der Waals surface area contributed by atoms with Gasteiger partial charge < -0.3 is 10.6 Å². The molecule has 1 saturated carbocycles. The number of carbonyl (C=O) groups excluding carboxylic acids is 2. The van der Waals surface area contributed by atoms with E-state index in [0.29, 0.717) is 11.1 Å². The monoisotopic (exact) mass is 449 g/mol. The van der Waals surface area contributed by atoms with Crippen molar-refractivity contribution in [1.29, 1.82) is 0 Å². The van der Waals surface area contributed by atoms with E-state index in [2.05, 4.69) is 34.7 Å². The number of carbonyl (C=O) groups is 2. The lowest BCUT2D eigenvalue weighted by Crippen LogP contribution is -2.28. The first-order chi connectivity index (χ1) is 15.6. The molecule has 168 valence electrons. The number of nitrogens with one attached hydrogen (secondary N) is 2. The predicted octanol–water partition coefficient (Wildman–Crippen LogP) is 5.93. The molecule has 2 aliphatic rings. The number of nitrogens with zero attached hydrogens (tertiary/aromatic N) is 1. The Morgan fingerprint density at radius 3 is 2.47 bits per heavy atom. The first-order valence-corrected chi connectivity index (χ1v) is 12.5. The number of hydrogen-bond acceptors (Lipinski definition) is 4. The molecular weight excluding hydrogens is 418 g/mol. The highest BCUT2D eigenvalue weighted by atomic mass is 32.2. The molecule has 0 bridgehead atoms. The van der Waals surface area contributed by atoms with Crippen molar-refractivity contribution >= 4 is 40.1 Å². The number of amidine groups is 1. The molecule has 1 unspecified atom stereocenters. The molecule has 4 rings (SSSR count). The average Bonchev–Trinajstić information content (AvgIpc) is 3.14. The summed E-state index contributed by atoms with van der Waals surface area (Å²) < 4.78 is 0. The highest BCUT2D eigenvalue weighted by Gasteiger charge is 2.32. The lowest BCUT2D eigenvalue weighted by Gasteiger charge is -2.21. The van der Waals surface area contributed by atoms with Crippen LogP contribution in [0, 0.1) is 0 Å². The van der Waals surface area contributed by atoms with Gasteiger partial charge in [0.15, 0.2) is 5.17 Å². The van der Waals surface area contributed by atoms with E-state index >= 15 is 0 Å². The van der Waals surface area contributed by atoms with Crippen LogP contribution in [0.1, 0.15) is 68.9 Å². The molecule has 2 aromatic rings. The summed E-state index contributed by atoms with van der Waals surface area (Å²) in [5.74, 6) is 0.330. The van der Waals surface area contributed by atoms with Crippen molar-refractivity contribution in [2.24, 2.45) is 4.99 Å². The summed E-state index contributed by atoms with van der Waals surface area (Å²) in [6.07, 6.45) is 8.76. The predicted molar refractivity (Wildman–Crippen MR) is 133 cm³/mol. The Morgan fingerprint density at radius 1 is 1.06 bits per heavy atom. The smallest absolute Gasteiger partial charge is 0.240 e. The molecule has 1 saturated heterocycles. The third-order valence-electron chi connectivity index (χ3n) is 6.12. The summed E-state index contributed by atoms with van der Waals surface area (Å²) in [6.45, 7) is 2.14. The minimum Gasteiger partial charge on any atom is -0.326 e. The van der Waals surface area contributed by atoms with Crippen LogP contribution < -0.4 is 10.6 Å². The van der Waals surface area contributed by atoms with Crippen molar-refractivity contribution < 1.29 is 9.59 Å². The molecule has 5 nitrogen and oxygen atoms in total. The van der Waals surface area contributed by atoms with Crippen molar-refractivity contribution in [3.8, 4) is 0 Å². The minimum atomic E-state index is -0.463. The fourth-order valence-corrected chi connectivity index (χ4v) is 5.38. The van der Waals surface area contributed by atoms with Crippen LogP contribution in [-0.4, -0.2) is 22.2 Å². The van der Waals surface area contributed by atoms with E-state index in [1.807, 2.05) is 36.4 Å². The van der Waals surface area contributed by atoms with Gasteiger partial charge in [0.2, 0.25) is 11.8 Å². The maximum atomic E-state index is 12.4. The van der Waals surface area contributed by atoms with Crippen LogP contribution in [0.2, 0.25) is 0 Å². The van der Waals surface area contributed by atoms with E-state index in [0.717, 1.165) is 24.2 Å². The summed E-state index contributed by atoms with van der Waals surface area (Å²) in [5, 5.41) is 5.80. The molecular formula is C26H31N3O2S. The molecule has 0 radical (unpaired) electrons. The fraction of sp³-hybridized carbons (Fsp3) is 0.423. The van der Waals surface area contributed by atoms with E-state index in [-0.39, 0.29) is 18.2 Å². The zero-order valence-corrected chi connectivity index (χ0v) is 19.4. The van der Waals surface area contributed by atoms with Crippen molar-refractivity contribution in [3.63, 3.8) is 0 Å². The van der Waals surface area contributed by atoms with Gasteiger partial charge in [0.25, 0.3) is 0 Å². The number of hydrogen-bond donors (Lipinski definition) is 2. The van der Waals surface area contributed by atoms with Crippen molar-refractivity contribution in [2.45, 2.75) is 69.5 Å². The van der Waals surface area contributed by atoms with E-state index in [1.54, 1.807) is 0 Å². The van der Waals surface area contributed by atoms with Gasteiger partial charge in [-0.1, -0.05) is 68.6 Å². The lowest BCUT2D eigenvalue weighted by molar-refractivity contribution is -0.122. The topological polar surface area (TPSA) is 70.6 Å². The summed E-state index contributed by atoms with van der Waals surface area (Å²) in [7, 11) is 0. The summed E-state index contributed by atoms with van der Waals surface area (Å²) in [5.41, 5.74) is 4.22. The van der Waals surface area contributed by atoms with Crippen LogP contribution in [0.5, 0.6) is 0 Å². The molecule has 1 atom stereocenters. The standard InChI is InChI=1S/C26H31N3O2S/c1-2-6-18-9-13-21(14-10-18)27-24(30)17-23-25(31)29-26(32-23)28-22-15-11-20(12-16-22)19-7-4-3-5-8-19/h9-16,19,23H,2-8,17H2,1H3,(H,27,30)(H,28,29,31). The molecule has 2 N–H and O–H groups in total. The average molecular weight is 450 g/mol. The van der Waals surface area contributed by atoms with Crippen LogP contribution in [0.4, 0.5) is 11.4 Å². The Bertz CT molecular complexity index is 964. The zero-order chi connectivity index (χ0) is 22.3.